The number of ether oxygens (including phenoxy) is 2. The van der Waals surface area contributed by atoms with Crippen LogP contribution in [0.4, 0.5) is 13.2 Å². The standard InChI is InChI=1S/C14H18BF3O4/c1-12(2)13(3,4)22-15(21-12)9-6-10(19-5)8-11(7-9)20-14(16,17)18/h6-8H,1-5H3. The second kappa shape index (κ2) is 5.35. The maximum atomic E-state index is 12.4. The highest BCUT2D eigenvalue weighted by Crippen LogP contribution is 2.37. The van der Waals surface area contributed by atoms with Crippen molar-refractivity contribution in [2.24, 2.45) is 0 Å². The van der Waals surface area contributed by atoms with Gasteiger partial charge >= 0.3 is 13.5 Å². The Morgan fingerprint density at radius 3 is 1.91 bits per heavy atom. The third-order valence-corrected chi connectivity index (χ3v) is 3.90. The molecule has 2 rings (SSSR count). The van der Waals surface area contributed by atoms with Gasteiger partial charge in [0.2, 0.25) is 0 Å². The largest absolute Gasteiger partial charge is 0.573 e. The van der Waals surface area contributed by atoms with Gasteiger partial charge in [-0.15, -0.1) is 13.2 Å². The average Bonchev–Trinajstić information content (AvgIpc) is 2.56. The van der Waals surface area contributed by atoms with Crippen LogP contribution >= 0.6 is 0 Å². The zero-order chi connectivity index (χ0) is 16.8. The van der Waals surface area contributed by atoms with Crippen LogP contribution in [0.2, 0.25) is 0 Å². The van der Waals surface area contributed by atoms with E-state index >= 15 is 0 Å². The zero-order valence-corrected chi connectivity index (χ0v) is 13.1. The van der Waals surface area contributed by atoms with Crippen LogP contribution in [0.5, 0.6) is 11.5 Å². The van der Waals surface area contributed by atoms with E-state index in [-0.39, 0.29) is 11.5 Å². The van der Waals surface area contributed by atoms with Gasteiger partial charge in [-0.1, -0.05) is 0 Å². The van der Waals surface area contributed by atoms with Gasteiger partial charge < -0.3 is 18.8 Å². The minimum absolute atomic E-state index is 0.228. The first-order valence-corrected chi connectivity index (χ1v) is 6.74. The zero-order valence-electron chi connectivity index (χ0n) is 13.1. The van der Waals surface area contributed by atoms with Crippen LogP contribution < -0.4 is 14.9 Å². The molecule has 22 heavy (non-hydrogen) atoms. The molecular formula is C14H18BF3O4. The molecule has 1 heterocycles. The molecule has 1 fully saturated rings. The highest BCUT2D eigenvalue weighted by molar-refractivity contribution is 6.62. The van der Waals surface area contributed by atoms with Gasteiger partial charge in [0.05, 0.1) is 18.3 Å². The van der Waals surface area contributed by atoms with E-state index in [9.17, 15) is 13.2 Å². The quantitative estimate of drug-likeness (QED) is 0.803. The average molecular weight is 318 g/mol. The summed E-state index contributed by atoms with van der Waals surface area (Å²) in [6.07, 6.45) is -4.78. The highest BCUT2D eigenvalue weighted by atomic mass is 19.4. The molecule has 0 amide bonds. The molecule has 0 unspecified atom stereocenters. The number of halogens is 3. The molecule has 0 spiro atoms. The molecule has 0 N–H and O–H groups in total. The number of benzene rings is 1. The summed E-state index contributed by atoms with van der Waals surface area (Å²) in [6, 6.07) is 3.95. The molecule has 0 radical (unpaired) electrons. The second-order valence-electron chi connectivity index (χ2n) is 6.08. The fourth-order valence-electron chi connectivity index (χ4n) is 2.02. The maximum absolute atomic E-state index is 12.4. The third kappa shape index (κ3) is 3.49. The molecule has 1 aromatic rings. The predicted molar refractivity (Wildman–Crippen MR) is 75.4 cm³/mol. The summed E-state index contributed by atoms with van der Waals surface area (Å²) >= 11 is 0. The fraction of sp³-hybridized carbons (Fsp3) is 0.571. The Kier molecular flexibility index (Phi) is 4.12. The summed E-state index contributed by atoms with van der Waals surface area (Å²) in [5.41, 5.74) is -0.783. The Bertz CT molecular complexity index is 542. The lowest BCUT2D eigenvalue weighted by molar-refractivity contribution is -0.274. The molecule has 0 bridgehead atoms. The van der Waals surface area contributed by atoms with Gasteiger partial charge in [0.1, 0.15) is 11.5 Å². The third-order valence-electron chi connectivity index (χ3n) is 3.90. The Balaban J connectivity index is 2.34. The Hall–Kier alpha value is -1.41. The van der Waals surface area contributed by atoms with Crippen molar-refractivity contribution in [1.82, 2.24) is 0 Å². The minimum Gasteiger partial charge on any atom is -0.497 e. The fourth-order valence-corrected chi connectivity index (χ4v) is 2.02. The number of alkyl halides is 3. The Labute approximate surface area is 127 Å². The lowest BCUT2D eigenvalue weighted by Crippen LogP contribution is -2.41. The van der Waals surface area contributed by atoms with Crippen LogP contribution in [0.3, 0.4) is 0 Å². The number of rotatable bonds is 3. The van der Waals surface area contributed by atoms with Crippen molar-refractivity contribution in [2.75, 3.05) is 7.11 Å². The van der Waals surface area contributed by atoms with Gasteiger partial charge in [-0.25, -0.2) is 0 Å². The first-order valence-electron chi connectivity index (χ1n) is 6.74. The van der Waals surface area contributed by atoms with E-state index in [2.05, 4.69) is 4.74 Å². The summed E-state index contributed by atoms with van der Waals surface area (Å²) in [4.78, 5) is 0. The van der Waals surface area contributed by atoms with E-state index in [0.29, 0.717) is 5.46 Å². The monoisotopic (exact) mass is 318 g/mol. The van der Waals surface area contributed by atoms with Crippen LogP contribution in [-0.4, -0.2) is 31.8 Å². The van der Waals surface area contributed by atoms with E-state index in [1.807, 2.05) is 27.7 Å². The molecule has 0 saturated carbocycles. The van der Waals surface area contributed by atoms with Crippen molar-refractivity contribution < 1.29 is 32.0 Å². The number of methoxy groups -OCH3 is 1. The van der Waals surface area contributed by atoms with Gasteiger partial charge in [-0.05, 0) is 45.3 Å². The number of hydrogen-bond donors (Lipinski definition) is 0. The van der Waals surface area contributed by atoms with Crippen molar-refractivity contribution in [3.05, 3.63) is 18.2 Å². The van der Waals surface area contributed by atoms with Crippen LogP contribution in [0.15, 0.2) is 18.2 Å². The first-order chi connectivity index (χ1) is 9.93. The molecule has 0 aliphatic carbocycles. The van der Waals surface area contributed by atoms with Crippen molar-refractivity contribution in [1.29, 1.82) is 0 Å². The van der Waals surface area contributed by atoms with E-state index in [1.165, 1.54) is 13.2 Å². The number of hydrogen-bond acceptors (Lipinski definition) is 4. The molecule has 0 aromatic heterocycles. The van der Waals surface area contributed by atoms with Gasteiger partial charge in [-0.2, -0.15) is 0 Å². The molecule has 122 valence electrons. The van der Waals surface area contributed by atoms with E-state index in [1.54, 1.807) is 6.07 Å². The van der Waals surface area contributed by atoms with Crippen LogP contribution in [0, 0.1) is 0 Å². The Morgan fingerprint density at radius 1 is 0.955 bits per heavy atom. The van der Waals surface area contributed by atoms with Gasteiger partial charge in [-0.3, -0.25) is 0 Å². The molecule has 4 nitrogen and oxygen atoms in total. The van der Waals surface area contributed by atoms with Crippen molar-refractivity contribution >= 4 is 12.6 Å². The maximum Gasteiger partial charge on any atom is 0.573 e. The molecule has 1 aliphatic rings. The lowest BCUT2D eigenvalue weighted by atomic mass is 9.79. The van der Waals surface area contributed by atoms with Crippen LogP contribution in [0.1, 0.15) is 27.7 Å². The van der Waals surface area contributed by atoms with Crippen LogP contribution in [0.25, 0.3) is 0 Å². The molecule has 1 saturated heterocycles. The van der Waals surface area contributed by atoms with E-state index in [0.717, 1.165) is 6.07 Å². The van der Waals surface area contributed by atoms with Gasteiger partial charge in [0.15, 0.2) is 0 Å². The summed E-state index contributed by atoms with van der Waals surface area (Å²) in [6.45, 7) is 7.45. The highest BCUT2D eigenvalue weighted by Gasteiger charge is 2.52. The summed E-state index contributed by atoms with van der Waals surface area (Å²) in [5, 5.41) is 0. The molecule has 0 atom stereocenters. The first kappa shape index (κ1) is 17.0. The molecular weight excluding hydrogens is 300 g/mol. The van der Waals surface area contributed by atoms with Crippen molar-refractivity contribution in [3.8, 4) is 11.5 Å². The smallest absolute Gasteiger partial charge is 0.497 e. The van der Waals surface area contributed by atoms with Crippen molar-refractivity contribution in [2.45, 2.75) is 45.3 Å². The minimum atomic E-state index is -4.78. The van der Waals surface area contributed by atoms with Crippen LogP contribution in [-0.2, 0) is 9.31 Å². The summed E-state index contributed by atoms with van der Waals surface area (Å²) in [7, 11) is 0.566. The second-order valence-corrected chi connectivity index (χ2v) is 6.08. The van der Waals surface area contributed by atoms with E-state index in [4.69, 9.17) is 14.0 Å². The van der Waals surface area contributed by atoms with Gasteiger partial charge in [0, 0.05) is 6.07 Å². The Morgan fingerprint density at radius 2 is 1.45 bits per heavy atom. The molecule has 1 aliphatic heterocycles. The summed E-state index contributed by atoms with van der Waals surface area (Å²) in [5.74, 6) is -0.150. The normalized spacial score (nSPS) is 20.1. The molecule has 8 heteroatoms. The lowest BCUT2D eigenvalue weighted by Gasteiger charge is -2.32. The molecule has 1 aromatic carbocycles. The van der Waals surface area contributed by atoms with E-state index < -0.39 is 24.7 Å². The predicted octanol–water partition coefficient (Wildman–Crippen LogP) is 2.89. The van der Waals surface area contributed by atoms with Gasteiger partial charge in [0.25, 0.3) is 0 Å². The topological polar surface area (TPSA) is 36.9 Å². The SMILES string of the molecule is COc1cc(OC(F)(F)F)cc(B2OC(C)(C)C(C)(C)O2)c1. The summed E-state index contributed by atoms with van der Waals surface area (Å²) < 4.78 is 57.8. The van der Waals surface area contributed by atoms with Crippen molar-refractivity contribution in [3.63, 3.8) is 0 Å².